The second-order valence-electron chi connectivity index (χ2n) is 7.01. The Morgan fingerprint density at radius 2 is 1.80 bits per heavy atom. The zero-order chi connectivity index (χ0) is 17.4. The summed E-state index contributed by atoms with van der Waals surface area (Å²) in [6.07, 6.45) is 1.95. The molecule has 1 spiro atoms. The Labute approximate surface area is 148 Å². The molecule has 0 radical (unpaired) electrons. The maximum Gasteiger partial charge on any atom is 0.239 e. The van der Waals surface area contributed by atoms with Crippen LogP contribution in [0.5, 0.6) is 0 Å². The normalized spacial score (nSPS) is 21.9. The lowest BCUT2D eigenvalue weighted by Gasteiger charge is -2.23. The molecule has 2 aliphatic rings. The third-order valence-electron chi connectivity index (χ3n) is 5.59. The molecule has 2 aromatic rings. The monoisotopic (exact) mass is 334 g/mol. The summed E-state index contributed by atoms with van der Waals surface area (Å²) in [6, 6.07) is 18.0. The predicted octanol–water partition coefficient (Wildman–Crippen LogP) is 2.77. The van der Waals surface area contributed by atoms with Crippen LogP contribution in [0.2, 0.25) is 0 Å². The van der Waals surface area contributed by atoms with Crippen molar-refractivity contribution in [2.75, 3.05) is 25.0 Å². The molecule has 4 nitrogen and oxygen atoms in total. The van der Waals surface area contributed by atoms with E-state index in [4.69, 9.17) is 0 Å². The molecule has 0 N–H and O–H groups in total. The van der Waals surface area contributed by atoms with Gasteiger partial charge in [-0.25, -0.2) is 0 Å². The topological polar surface area (TPSA) is 40.6 Å². The van der Waals surface area contributed by atoms with Crippen LogP contribution in [0.25, 0.3) is 0 Å². The molecule has 0 aromatic heterocycles. The molecule has 0 saturated carbocycles. The number of likely N-dealkylation sites (N-methyl/N-ethyl adjacent to an activating group) is 1. The van der Waals surface area contributed by atoms with E-state index in [-0.39, 0.29) is 11.8 Å². The van der Waals surface area contributed by atoms with Crippen LogP contribution in [0.3, 0.4) is 0 Å². The molecule has 1 atom stereocenters. The molecule has 25 heavy (non-hydrogen) atoms. The van der Waals surface area contributed by atoms with Crippen molar-refractivity contribution in [3.05, 3.63) is 65.7 Å². The zero-order valence-corrected chi connectivity index (χ0v) is 14.4. The van der Waals surface area contributed by atoms with E-state index in [1.807, 2.05) is 66.5 Å². The summed E-state index contributed by atoms with van der Waals surface area (Å²) in [5.74, 6) is 0.257. The van der Waals surface area contributed by atoms with E-state index >= 15 is 0 Å². The SMILES string of the molecule is CN1C(=O)C2(CCN(C(=O)CCc3ccccc3)C2)c2ccccc21. The summed E-state index contributed by atoms with van der Waals surface area (Å²) in [6.45, 7) is 1.16. The quantitative estimate of drug-likeness (QED) is 0.866. The summed E-state index contributed by atoms with van der Waals surface area (Å²) < 4.78 is 0. The van der Waals surface area contributed by atoms with Gasteiger partial charge < -0.3 is 9.80 Å². The number of hydrogen-bond donors (Lipinski definition) is 0. The molecule has 2 aromatic carbocycles. The van der Waals surface area contributed by atoms with Gasteiger partial charge in [0.15, 0.2) is 0 Å². The molecule has 128 valence electrons. The van der Waals surface area contributed by atoms with Gasteiger partial charge in [0.1, 0.15) is 0 Å². The number of para-hydroxylation sites is 1. The summed E-state index contributed by atoms with van der Waals surface area (Å²) in [5, 5.41) is 0. The fourth-order valence-corrected chi connectivity index (χ4v) is 4.19. The van der Waals surface area contributed by atoms with E-state index in [1.54, 1.807) is 4.90 Å². The van der Waals surface area contributed by atoms with Crippen LogP contribution in [0.15, 0.2) is 54.6 Å². The van der Waals surface area contributed by atoms with E-state index in [0.717, 1.165) is 17.7 Å². The largest absolute Gasteiger partial charge is 0.341 e. The van der Waals surface area contributed by atoms with Crippen LogP contribution in [-0.4, -0.2) is 36.9 Å². The van der Waals surface area contributed by atoms with Crippen LogP contribution >= 0.6 is 0 Å². The lowest BCUT2D eigenvalue weighted by atomic mass is 9.81. The highest BCUT2D eigenvalue weighted by Crippen LogP contribution is 2.46. The number of amides is 2. The minimum Gasteiger partial charge on any atom is -0.341 e. The van der Waals surface area contributed by atoms with Gasteiger partial charge in [0.25, 0.3) is 0 Å². The maximum atomic E-state index is 12.9. The number of carbonyl (C=O) groups is 2. The Hall–Kier alpha value is -2.62. The summed E-state index contributed by atoms with van der Waals surface area (Å²) >= 11 is 0. The number of aryl methyl sites for hydroxylation is 1. The first-order valence-electron chi connectivity index (χ1n) is 8.81. The van der Waals surface area contributed by atoms with Crippen molar-refractivity contribution in [2.24, 2.45) is 0 Å². The minimum atomic E-state index is -0.548. The summed E-state index contributed by atoms with van der Waals surface area (Å²) in [5.41, 5.74) is 2.67. The maximum absolute atomic E-state index is 12.9. The number of benzene rings is 2. The van der Waals surface area contributed by atoms with Gasteiger partial charge in [0.2, 0.25) is 11.8 Å². The number of rotatable bonds is 3. The lowest BCUT2D eigenvalue weighted by Crippen LogP contribution is -2.42. The van der Waals surface area contributed by atoms with Gasteiger partial charge in [-0.2, -0.15) is 0 Å². The van der Waals surface area contributed by atoms with E-state index < -0.39 is 5.41 Å². The molecule has 2 aliphatic heterocycles. The van der Waals surface area contributed by atoms with Gasteiger partial charge >= 0.3 is 0 Å². The number of nitrogens with zero attached hydrogens (tertiary/aromatic N) is 2. The van der Waals surface area contributed by atoms with Crippen LogP contribution in [0.1, 0.15) is 24.0 Å². The van der Waals surface area contributed by atoms with Crippen molar-refractivity contribution in [2.45, 2.75) is 24.7 Å². The van der Waals surface area contributed by atoms with Gasteiger partial charge in [0.05, 0.1) is 5.41 Å². The minimum absolute atomic E-state index is 0.118. The average molecular weight is 334 g/mol. The first kappa shape index (κ1) is 15.9. The molecule has 1 saturated heterocycles. The molecule has 1 unspecified atom stereocenters. The Morgan fingerprint density at radius 1 is 1.08 bits per heavy atom. The molecule has 2 amide bonds. The average Bonchev–Trinajstić information content (AvgIpc) is 3.19. The van der Waals surface area contributed by atoms with Gasteiger partial charge in [-0.3, -0.25) is 9.59 Å². The summed E-state index contributed by atoms with van der Waals surface area (Å²) in [7, 11) is 1.83. The molecule has 2 heterocycles. The van der Waals surface area contributed by atoms with Crippen molar-refractivity contribution in [3.8, 4) is 0 Å². The first-order valence-corrected chi connectivity index (χ1v) is 8.81. The van der Waals surface area contributed by atoms with Gasteiger partial charge in [-0.05, 0) is 30.0 Å². The van der Waals surface area contributed by atoms with Crippen molar-refractivity contribution in [3.63, 3.8) is 0 Å². The van der Waals surface area contributed by atoms with Crippen molar-refractivity contribution < 1.29 is 9.59 Å². The van der Waals surface area contributed by atoms with Crippen molar-refractivity contribution in [1.29, 1.82) is 0 Å². The van der Waals surface area contributed by atoms with E-state index in [2.05, 4.69) is 0 Å². The van der Waals surface area contributed by atoms with Crippen LogP contribution in [-0.2, 0) is 21.4 Å². The third-order valence-corrected chi connectivity index (χ3v) is 5.59. The van der Waals surface area contributed by atoms with Gasteiger partial charge in [-0.1, -0.05) is 48.5 Å². The second kappa shape index (κ2) is 6.03. The lowest BCUT2D eigenvalue weighted by molar-refractivity contribution is -0.130. The van der Waals surface area contributed by atoms with Crippen LogP contribution < -0.4 is 4.90 Å². The summed E-state index contributed by atoms with van der Waals surface area (Å²) in [4.78, 5) is 29.2. The Kier molecular flexibility index (Phi) is 3.83. The number of likely N-dealkylation sites (tertiary alicyclic amines) is 1. The van der Waals surface area contributed by atoms with Gasteiger partial charge in [0, 0.05) is 32.2 Å². The van der Waals surface area contributed by atoms with Crippen molar-refractivity contribution >= 4 is 17.5 Å². The van der Waals surface area contributed by atoms with Crippen LogP contribution in [0, 0.1) is 0 Å². The van der Waals surface area contributed by atoms with Crippen molar-refractivity contribution in [1.82, 2.24) is 4.90 Å². The van der Waals surface area contributed by atoms with Gasteiger partial charge in [-0.15, -0.1) is 0 Å². The van der Waals surface area contributed by atoms with E-state index in [0.29, 0.717) is 25.9 Å². The molecule has 0 aliphatic carbocycles. The highest BCUT2D eigenvalue weighted by Gasteiger charge is 2.53. The highest BCUT2D eigenvalue weighted by atomic mass is 16.2. The fourth-order valence-electron chi connectivity index (χ4n) is 4.19. The Morgan fingerprint density at radius 3 is 2.60 bits per heavy atom. The fraction of sp³-hybridized carbons (Fsp3) is 0.333. The molecule has 1 fully saturated rings. The van der Waals surface area contributed by atoms with E-state index in [9.17, 15) is 9.59 Å². The second-order valence-corrected chi connectivity index (χ2v) is 7.01. The molecular weight excluding hydrogens is 312 g/mol. The van der Waals surface area contributed by atoms with E-state index in [1.165, 1.54) is 5.56 Å². The molecule has 4 rings (SSSR count). The van der Waals surface area contributed by atoms with Crippen LogP contribution in [0.4, 0.5) is 5.69 Å². The third kappa shape index (κ3) is 2.53. The smallest absolute Gasteiger partial charge is 0.239 e. The Balaban J connectivity index is 1.49. The predicted molar refractivity (Wildman–Crippen MR) is 97.5 cm³/mol. The molecule has 4 heteroatoms. The highest BCUT2D eigenvalue weighted by molar-refractivity contribution is 6.08. The molecule has 0 bridgehead atoms. The standard InChI is InChI=1S/C21H22N2O2/c1-22-18-10-6-5-9-17(18)21(20(22)25)13-14-23(15-21)19(24)12-11-16-7-3-2-4-8-16/h2-10H,11-15H2,1H3. The number of anilines is 1. The first-order chi connectivity index (χ1) is 12.1. The number of hydrogen-bond acceptors (Lipinski definition) is 2. The zero-order valence-electron chi connectivity index (χ0n) is 14.4. The number of carbonyl (C=O) groups excluding carboxylic acids is 2. The Bertz CT molecular complexity index is 818. The molecular formula is C21H22N2O2. The number of fused-ring (bicyclic) bond motifs is 2.